The normalized spacial score (nSPS) is 12.6. The molecule has 0 spiro atoms. The second kappa shape index (κ2) is 9.14. The highest BCUT2D eigenvalue weighted by Gasteiger charge is 2.49. The van der Waals surface area contributed by atoms with E-state index in [2.05, 4.69) is 93.6 Å². The van der Waals surface area contributed by atoms with Gasteiger partial charge in [0.2, 0.25) is 0 Å². The molecule has 0 atom stereocenters. The predicted molar refractivity (Wildman–Crippen MR) is 111 cm³/mol. The van der Waals surface area contributed by atoms with Gasteiger partial charge in [0.1, 0.15) is 0 Å². The Kier molecular flexibility index (Phi) is 7.18. The van der Waals surface area contributed by atoms with Gasteiger partial charge in [-0.05, 0) is 34.8 Å². The van der Waals surface area contributed by atoms with Crippen LogP contribution in [0.25, 0.3) is 0 Å². The zero-order valence-electron chi connectivity index (χ0n) is 15.7. The molecule has 25 heavy (non-hydrogen) atoms. The first-order valence-electron chi connectivity index (χ1n) is 9.12. The minimum atomic E-state index is -2.38. The van der Waals surface area contributed by atoms with Gasteiger partial charge in [0, 0.05) is 6.61 Å². The Morgan fingerprint density at radius 1 is 0.840 bits per heavy atom. The molecule has 0 saturated carbocycles. The molecule has 2 nitrogen and oxygen atoms in total. The first kappa shape index (κ1) is 19.6. The lowest BCUT2D eigenvalue weighted by Gasteiger charge is -2.43. The molecule has 3 heteroatoms. The van der Waals surface area contributed by atoms with Gasteiger partial charge in [0.25, 0.3) is 8.32 Å². The second-order valence-electron chi connectivity index (χ2n) is 7.35. The van der Waals surface area contributed by atoms with Crippen molar-refractivity contribution in [3.05, 3.63) is 72.8 Å². The minimum absolute atomic E-state index is 0.0384. The van der Waals surface area contributed by atoms with E-state index in [4.69, 9.17) is 10.2 Å². The second-order valence-corrected chi connectivity index (χ2v) is 11.7. The van der Waals surface area contributed by atoms with E-state index in [1.165, 1.54) is 10.4 Å². The number of hydrogen-bond acceptors (Lipinski definition) is 2. The van der Waals surface area contributed by atoms with E-state index < -0.39 is 8.32 Å². The molecule has 0 bridgehead atoms. The van der Waals surface area contributed by atoms with Gasteiger partial charge in [0.15, 0.2) is 0 Å². The molecule has 2 N–H and O–H groups in total. The monoisotopic (exact) mass is 353 g/mol. The maximum absolute atomic E-state index is 6.80. The molecule has 0 aliphatic heterocycles. The lowest BCUT2D eigenvalue weighted by atomic mass is 10.2. The molecule has 0 aliphatic rings. The predicted octanol–water partition coefficient (Wildman–Crippen LogP) is 3.86. The number of benzene rings is 2. The van der Waals surface area contributed by atoms with Crippen molar-refractivity contribution in [1.82, 2.24) is 0 Å². The molecule has 0 radical (unpaired) electrons. The van der Waals surface area contributed by atoms with Gasteiger partial charge in [-0.3, -0.25) is 0 Å². The highest BCUT2D eigenvalue weighted by Crippen LogP contribution is 2.36. The zero-order chi connectivity index (χ0) is 18.2. The summed E-state index contributed by atoms with van der Waals surface area (Å²) in [5.41, 5.74) is 5.55. The van der Waals surface area contributed by atoms with Gasteiger partial charge in [-0.25, -0.2) is 0 Å². The third-order valence-corrected chi connectivity index (χ3v) is 9.56. The summed E-state index contributed by atoms with van der Waals surface area (Å²) < 4.78 is 6.80. The van der Waals surface area contributed by atoms with Crippen LogP contribution in [0.1, 0.15) is 33.6 Å². The van der Waals surface area contributed by atoms with E-state index in [0.717, 1.165) is 19.4 Å². The maximum Gasteiger partial charge on any atom is 0.261 e. The molecule has 2 aromatic carbocycles. The Morgan fingerprint density at radius 3 is 1.76 bits per heavy atom. The van der Waals surface area contributed by atoms with Gasteiger partial charge in [-0.2, -0.15) is 0 Å². The van der Waals surface area contributed by atoms with Gasteiger partial charge in [0.05, 0.1) is 0 Å². The van der Waals surface area contributed by atoms with Crippen LogP contribution in [0.3, 0.4) is 0 Å². The molecular formula is C22H31NOSi. The summed E-state index contributed by atoms with van der Waals surface area (Å²) in [6.45, 7) is 8.36. The molecule has 0 saturated heterocycles. The molecular weight excluding hydrogens is 322 g/mol. The summed E-state index contributed by atoms with van der Waals surface area (Å²) in [7, 11) is -2.38. The van der Waals surface area contributed by atoms with Crippen LogP contribution in [0.15, 0.2) is 72.8 Å². The van der Waals surface area contributed by atoms with Crippen LogP contribution in [0.5, 0.6) is 0 Å². The Labute approximate surface area is 153 Å². The van der Waals surface area contributed by atoms with Crippen LogP contribution in [-0.4, -0.2) is 21.5 Å². The Bertz CT molecular complexity index is 607. The smallest absolute Gasteiger partial charge is 0.261 e. The van der Waals surface area contributed by atoms with Crippen LogP contribution >= 0.6 is 0 Å². The quantitative estimate of drug-likeness (QED) is 0.444. The maximum atomic E-state index is 6.80. The van der Waals surface area contributed by atoms with Gasteiger partial charge >= 0.3 is 0 Å². The van der Waals surface area contributed by atoms with Gasteiger partial charge < -0.3 is 10.2 Å². The lowest BCUT2D eigenvalue weighted by Crippen LogP contribution is -2.66. The molecule has 0 aromatic heterocycles. The van der Waals surface area contributed by atoms with E-state index in [-0.39, 0.29) is 5.04 Å². The summed E-state index contributed by atoms with van der Waals surface area (Å²) in [6, 6.07) is 21.6. The van der Waals surface area contributed by atoms with Crippen LogP contribution in [0.4, 0.5) is 0 Å². The Hall–Kier alpha value is -1.68. The van der Waals surface area contributed by atoms with Crippen LogP contribution in [0.2, 0.25) is 5.04 Å². The summed E-state index contributed by atoms with van der Waals surface area (Å²) in [5.74, 6) is 0. The van der Waals surface area contributed by atoms with Crippen molar-refractivity contribution >= 4 is 18.7 Å². The van der Waals surface area contributed by atoms with Crippen molar-refractivity contribution in [2.24, 2.45) is 5.73 Å². The van der Waals surface area contributed by atoms with Crippen LogP contribution in [-0.2, 0) is 4.43 Å². The molecule has 0 aliphatic carbocycles. The average Bonchev–Trinajstić information content (AvgIpc) is 2.62. The Balaban J connectivity index is 2.39. The van der Waals surface area contributed by atoms with Gasteiger partial charge in [-0.1, -0.05) is 93.6 Å². The number of rotatable bonds is 8. The molecule has 0 heterocycles. The van der Waals surface area contributed by atoms with Crippen molar-refractivity contribution < 1.29 is 4.43 Å². The van der Waals surface area contributed by atoms with Crippen molar-refractivity contribution in [3.8, 4) is 0 Å². The van der Waals surface area contributed by atoms with Crippen LogP contribution in [0, 0.1) is 0 Å². The minimum Gasteiger partial charge on any atom is -0.407 e. The third-order valence-electron chi connectivity index (χ3n) is 4.52. The molecule has 134 valence electrons. The first-order valence-corrected chi connectivity index (χ1v) is 11.0. The average molecular weight is 354 g/mol. The fourth-order valence-electron chi connectivity index (χ4n) is 3.37. The highest BCUT2D eigenvalue weighted by molar-refractivity contribution is 6.99. The van der Waals surface area contributed by atoms with Crippen LogP contribution < -0.4 is 16.1 Å². The van der Waals surface area contributed by atoms with Crippen molar-refractivity contribution in [3.63, 3.8) is 0 Å². The fourth-order valence-corrected chi connectivity index (χ4v) is 7.95. The van der Waals surface area contributed by atoms with Crippen molar-refractivity contribution in [2.45, 2.75) is 38.7 Å². The van der Waals surface area contributed by atoms with E-state index in [9.17, 15) is 0 Å². The summed E-state index contributed by atoms with van der Waals surface area (Å²) in [4.78, 5) is 0. The van der Waals surface area contributed by atoms with E-state index >= 15 is 0 Å². The van der Waals surface area contributed by atoms with E-state index in [0.29, 0.717) is 6.54 Å². The summed E-state index contributed by atoms with van der Waals surface area (Å²) in [5, 5.41) is 2.70. The van der Waals surface area contributed by atoms with Gasteiger partial charge in [-0.15, -0.1) is 0 Å². The third kappa shape index (κ3) is 4.69. The summed E-state index contributed by atoms with van der Waals surface area (Å²) >= 11 is 0. The largest absolute Gasteiger partial charge is 0.407 e. The molecule has 0 unspecified atom stereocenters. The number of nitrogens with two attached hydrogens (primary N) is 1. The lowest BCUT2D eigenvalue weighted by molar-refractivity contribution is 0.304. The molecule has 0 fully saturated rings. The van der Waals surface area contributed by atoms with Crippen molar-refractivity contribution in [1.29, 1.82) is 0 Å². The van der Waals surface area contributed by atoms with E-state index in [1.807, 2.05) is 0 Å². The molecule has 0 amide bonds. The molecule has 2 aromatic rings. The topological polar surface area (TPSA) is 35.2 Å². The van der Waals surface area contributed by atoms with E-state index in [1.54, 1.807) is 0 Å². The summed E-state index contributed by atoms with van der Waals surface area (Å²) in [6.07, 6.45) is 6.18. The Morgan fingerprint density at radius 2 is 1.32 bits per heavy atom. The van der Waals surface area contributed by atoms with Crippen molar-refractivity contribution in [2.75, 3.05) is 13.2 Å². The fraction of sp³-hybridized carbons (Fsp3) is 0.364. The highest BCUT2D eigenvalue weighted by atomic mass is 28.4. The zero-order valence-corrected chi connectivity index (χ0v) is 16.7. The number of hydrogen-bond donors (Lipinski definition) is 1. The molecule has 2 rings (SSSR count). The SMILES string of the molecule is CC(C)(C)[Si](OCC/C=C/CCN)(c1ccccc1)c1ccccc1. The first-order chi connectivity index (χ1) is 12.0. The standard InChI is InChI=1S/C22H31NOSi/c1-22(2,3)25(20-14-8-6-9-15-20,21-16-10-7-11-17-21)24-19-13-5-4-12-18-23/h4-11,14-17H,12-13,18-19,23H2,1-3H3/b5-4+.